The third kappa shape index (κ3) is 26.9. The van der Waals surface area contributed by atoms with Gasteiger partial charge in [-0.2, -0.15) is 13.2 Å². The van der Waals surface area contributed by atoms with E-state index in [0.717, 1.165) is 26.4 Å². The van der Waals surface area contributed by atoms with E-state index in [1.54, 1.807) is 0 Å². The van der Waals surface area contributed by atoms with Crippen LogP contribution in [0.15, 0.2) is 0 Å². The first-order valence-electron chi connectivity index (χ1n) is 12.0. The molecule has 0 rings (SSSR count). The molecular formula is C22H44F3LiO6P. The normalized spacial score (nSPS) is 14.6. The molecule has 0 bridgehead atoms. The van der Waals surface area contributed by atoms with Crippen LogP contribution >= 0.6 is 7.82 Å². The number of rotatable bonds is 23. The molecule has 0 amide bonds. The molecule has 1 radical (unpaired) electrons. The maximum Gasteiger partial charge on any atom is 0.472 e. The molecule has 33 heavy (non-hydrogen) atoms. The van der Waals surface area contributed by atoms with Crippen molar-refractivity contribution in [2.75, 3.05) is 33.5 Å². The summed E-state index contributed by atoms with van der Waals surface area (Å²) in [6, 6.07) is 0. The summed E-state index contributed by atoms with van der Waals surface area (Å²) in [5.74, 6) is 0. The van der Waals surface area contributed by atoms with Gasteiger partial charge in [0.25, 0.3) is 0 Å². The molecule has 0 saturated carbocycles. The Bertz CT molecular complexity index is 472. The van der Waals surface area contributed by atoms with Crippen LogP contribution in [0.1, 0.15) is 96.8 Å². The number of phosphoric ester groups is 1. The summed E-state index contributed by atoms with van der Waals surface area (Å²) in [7, 11) is -3.37. The van der Waals surface area contributed by atoms with Crippen molar-refractivity contribution >= 4 is 26.7 Å². The fourth-order valence-corrected chi connectivity index (χ4v) is 3.84. The Hall–Kier alpha value is 0.417. The summed E-state index contributed by atoms with van der Waals surface area (Å²) in [4.78, 5) is 9.37. The summed E-state index contributed by atoms with van der Waals surface area (Å²) in [5.41, 5.74) is 0. The van der Waals surface area contributed by atoms with Crippen LogP contribution in [-0.4, -0.2) is 69.6 Å². The molecule has 0 saturated heterocycles. The first-order valence-corrected chi connectivity index (χ1v) is 13.5. The average molecular weight is 499 g/mol. The van der Waals surface area contributed by atoms with Gasteiger partial charge in [0.2, 0.25) is 0 Å². The molecule has 0 spiro atoms. The van der Waals surface area contributed by atoms with Gasteiger partial charge in [0.15, 0.2) is 0 Å². The minimum absolute atomic E-state index is 0. The fraction of sp³-hybridized carbons (Fsp3) is 1.00. The number of phosphoric acid groups is 1. The minimum atomic E-state index is -4.48. The van der Waals surface area contributed by atoms with Gasteiger partial charge in [0.05, 0.1) is 13.2 Å². The van der Waals surface area contributed by atoms with Crippen LogP contribution in [0.3, 0.4) is 0 Å². The molecule has 1 N–H and O–H groups in total. The molecule has 0 aliphatic heterocycles. The summed E-state index contributed by atoms with van der Waals surface area (Å²) >= 11 is 0. The van der Waals surface area contributed by atoms with Crippen molar-refractivity contribution in [2.24, 2.45) is 0 Å². The van der Waals surface area contributed by atoms with Crippen LogP contribution < -0.4 is 0 Å². The monoisotopic (exact) mass is 499 g/mol. The summed E-state index contributed by atoms with van der Waals surface area (Å²) in [6.07, 6.45) is 11.8. The van der Waals surface area contributed by atoms with Gasteiger partial charge in [-0.25, -0.2) is 4.57 Å². The zero-order valence-corrected chi connectivity index (χ0v) is 21.8. The molecule has 2 unspecified atom stereocenters. The van der Waals surface area contributed by atoms with Gasteiger partial charge in [-0.3, -0.25) is 9.05 Å². The van der Waals surface area contributed by atoms with E-state index in [4.69, 9.17) is 9.26 Å². The Kier molecular flexibility index (Phi) is 24.6. The second-order valence-corrected chi connectivity index (χ2v) is 9.69. The van der Waals surface area contributed by atoms with Crippen molar-refractivity contribution in [1.82, 2.24) is 0 Å². The number of halogens is 3. The molecule has 0 aromatic rings. The van der Waals surface area contributed by atoms with Gasteiger partial charge in [0, 0.05) is 32.6 Å². The number of ether oxygens (including phenoxy) is 2. The van der Waals surface area contributed by atoms with E-state index in [2.05, 4.69) is 16.2 Å². The van der Waals surface area contributed by atoms with Crippen LogP contribution in [0.25, 0.3) is 0 Å². The molecule has 195 valence electrons. The molecule has 0 aromatic heterocycles. The van der Waals surface area contributed by atoms with Gasteiger partial charge in [-0.05, 0) is 6.42 Å². The number of hydrogen-bond acceptors (Lipinski definition) is 5. The van der Waals surface area contributed by atoms with Crippen molar-refractivity contribution in [2.45, 2.75) is 109 Å². The third-order valence-electron chi connectivity index (χ3n) is 5.03. The maximum absolute atomic E-state index is 12.2. The topological polar surface area (TPSA) is 74.2 Å². The van der Waals surface area contributed by atoms with Crippen LogP contribution in [0.5, 0.6) is 0 Å². The Morgan fingerprint density at radius 2 is 1.21 bits per heavy atom. The van der Waals surface area contributed by atoms with Crippen molar-refractivity contribution < 1.29 is 41.2 Å². The number of hydrogen-bond donors (Lipinski definition) is 1. The van der Waals surface area contributed by atoms with E-state index >= 15 is 0 Å². The van der Waals surface area contributed by atoms with Crippen LogP contribution in [0.4, 0.5) is 13.2 Å². The van der Waals surface area contributed by atoms with E-state index in [1.165, 1.54) is 70.6 Å². The van der Waals surface area contributed by atoms with Crippen molar-refractivity contribution in [3.63, 3.8) is 0 Å². The zero-order chi connectivity index (χ0) is 24.1. The van der Waals surface area contributed by atoms with Gasteiger partial charge >= 0.3 is 14.0 Å². The molecule has 2 atom stereocenters. The predicted molar refractivity (Wildman–Crippen MR) is 125 cm³/mol. The van der Waals surface area contributed by atoms with E-state index in [9.17, 15) is 22.6 Å². The predicted octanol–water partition coefficient (Wildman–Crippen LogP) is 6.81. The van der Waals surface area contributed by atoms with E-state index in [-0.39, 0.29) is 25.5 Å². The largest absolute Gasteiger partial charge is 0.472 e. The molecule has 6 nitrogen and oxygen atoms in total. The molecule has 0 heterocycles. The quantitative estimate of drug-likeness (QED) is 0.0945. The first kappa shape index (κ1) is 35.6. The zero-order valence-electron chi connectivity index (χ0n) is 20.9. The second-order valence-electron chi connectivity index (χ2n) is 8.18. The van der Waals surface area contributed by atoms with Crippen LogP contribution in [0, 0.1) is 0 Å². The SMILES string of the molecule is CCCCCCCCCCCCCCCCOCC(COCC(F)(F)F)OP(=O)(O)OC.[Li]. The number of unbranched alkanes of at least 4 members (excludes halogenated alkanes) is 13. The molecule has 11 heteroatoms. The standard InChI is InChI=1S/C22H44F3O6P.Li/c1-3-4-5-6-7-8-9-10-11-12-13-14-15-16-17-29-18-21(31-32(26,27)28-2)19-30-20-22(23,24)25;/h21H,3-20H2,1-2H3,(H,26,27);. The summed E-state index contributed by atoms with van der Waals surface area (Å²) < 4.78 is 67.1. The Morgan fingerprint density at radius 3 is 1.64 bits per heavy atom. The Morgan fingerprint density at radius 1 is 0.788 bits per heavy atom. The van der Waals surface area contributed by atoms with E-state index in [0.29, 0.717) is 6.61 Å². The fourth-order valence-electron chi connectivity index (χ4n) is 3.26. The van der Waals surface area contributed by atoms with Crippen molar-refractivity contribution in [3.8, 4) is 0 Å². The molecular weight excluding hydrogens is 455 g/mol. The van der Waals surface area contributed by atoms with Crippen molar-refractivity contribution in [3.05, 3.63) is 0 Å². The van der Waals surface area contributed by atoms with Crippen molar-refractivity contribution in [1.29, 1.82) is 0 Å². The van der Waals surface area contributed by atoms with Gasteiger partial charge in [-0.1, -0.05) is 90.4 Å². The smallest absolute Gasteiger partial charge is 0.379 e. The van der Waals surface area contributed by atoms with E-state index in [1.807, 2.05) is 0 Å². The van der Waals surface area contributed by atoms with Crippen LogP contribution in [0.2, 0.25) is 0 Å². The van der Waals surface area contributed by atoms with Gasteiger partial charge in [0.1, 0.15) is 12.7 Å². The summed E-state index contributed by atoms with van der Waals surface area (Å²) in [6.45, 7) is 0.505. The Balaban J connectivity index is 0. The molecule has 0 aliphatic rings. The minimum Gasteiger partial charge on any atom is -0.379 e. The second kappa shape index (κ2) is 22.9. The van der Waals surface area contributed by atoms with Crippen LogP contribution in [-0.2, 0) is 23.1 Å². The Labute approximate surface area is 210 Å². The number of alkyl halides is 3. The molecule has 0 fully saturated rings. The van der Waals surface area contributed by atoms with Gasteiger partial charge in [-0.15, -0.1) is 0 Å². The molecule has 0 aromatic carbocycles. The summed E-state index contributed by atoms with van der Waals surface area (Å²) in [5, 5.41) is 0. The average Bonchev–Trinajstić information content (AvgIpc) is 2.72. The molecule has 0 aliphatic carbocycles. The van der Waals surface area contributed by atoms with Gasteiger partial charge < -0.3 is 14.4 Å². The maximum atomic E-state index is 12.2. The van der Waals surface area contributed by atoms with E-state index < -0.39 is 33.3 Å². The first-order chi connectivity index (χ1) is 15.2. The third-order valence-corrected chi connectivity index (χ3v) is 6.05.